The molecule has 1 heterocycles. The van der Waals surface area contributed by atoms with Crippen LogP contribution in [-0.2, 0) is 9.59 Å². The second-order valence-corrected chi connectivity index (χ2v) is 6.45. The summed E-state index contributed by atoms with van der Waals surface area (Å²) in [6, 6.07) is 0. The minimum Gasteiger partial charge on any atom is -0.342 e. The molecule has 2 rings (SSSR count). The molecule has 3 heteroatoms. The standard InChI is InChI=1S/C15H25NO2/c1-10(2)14(17)12-4-6-13(7-5-12)15(18)16-8-11(3)9-16/h10-13H,4-9H2,1-3H3. The molecule has 1 saturated carbocycles. The fraction of sp³-hybridized carbons (Fsp3) is 0.867. The van der Waals surface area contributed by atoms with E-state index in [9.17, 15) is 9.59 Å². The summed E-state index contributed by atoms with van der Waals surface area (Å²) in [5.41, 5.74) is 0. The third-order valence-corrected chi connectivity index (χ3v) is 4.42. The van der Waals surface area contributed by atoms with E-state index in [4.69, 9.17) is 0 Å². The van der Waals surface area contributed by atoms with Crippen molar-refractivity contribution in [3.63, 3.8) is 0 Å². The van der Waals surface area contributed by atoms with Crippen LogP contribution in [0.5, 0.6) is 0 Å². The second kappa shape index (κ2) is 5.41. The molecule has 0 bridgehead atoms. The number of carbonyl (C=O) groups excluding carboxylic acids is 2. The zero-order valence-electron chi connectivity index (χ0n) is 11.8. The summed E-state index contributed by atoms with van der Waals surface area (Å²) in [7, 11) is 0. The summed E-state index contributed by atoms with van der Waals surface area (Å²) in [5, 5.41) is 0. The van der Waals surface area contributed by atoms with E-state index in [1.807, 2.05) is 18.7 Å². The Labute approximate surface area is 110 Å². The number of hydrogen-bond donors (Lipinski definition) is 0. The van der Waals surface area contributed by atoms with Gasteiger partial charge in [0.05, 0.1) is 0 Å². The van der Waals surface area contributed by atoms with Crippen molar-refractivity contribution in [2.75, 3.05) is 13.1 Å². The Balaban J connectivity index is 1.80. The van der Waals surface area contributed by atoms with Crippen LogP contribution >= 0.6 is 0 Å². The number of hydrogen-bond acceptors (Lipinski definition) is 2. The molecule has 1 aliphatic carbocycles. The molecule has 0 aromatic carbocycles. The second-order valence-electron chi connectivity index (χ2n) is 6.45. The number of ketones is 1. The fourth-order valence-electron chi connectivity index (χ4n) is 3.23. The maximum Gasteiger partial charge on any atom is 0.225 e. The van der Waals surface area contributed by atoms with Crippen molar-refractivity contribution in [3.8, 4) is 0 Å². The summed E-state index contributed by atoms with van der Waals surface area (Å²) in [4.78, 5) is 26.1. The van der Waals surface area contributed by atoms with Crippen molar-refractivity contribution >= 4 is 11.7 Å². The minimum atomic E-state index is 0.137. The van der Waals surface area contributed by atoms with Crippen LogP contribution in [0.4, 0.5) is 0 Å². The lowest BCUT2D eigenvalue weighted by Gasteiger charge is -2.40. The molecule has 0 unspecified atom stereocenters. The van der Waals surface area contributed by atoms with Gasteiger partial charge < -0.3 is 4.90 Å². The van der Waals surface area contributed by atoms with Crippen molar-refractivity contribution in [2.24, 2.45) is 23.7 Å². The third kappa shape index (κ3) is 2.76. The Morgan fingerprint density at radius 3 is 1.94 bits per heavy atom. The Hall–Kier alpha value is -0.860. The molecule has 1 amide bonds. The first-order chi connectivity index (χ1) is 8.49. The zero-order chi connectivity index (χ0) is 13.3. The van der Waals surface area contributed by atoms with Gasteiger partial charge in [-0.25, -0.2) is 0 Å². The van der Waals surface area contributed by atoms with Gasteiger partial charge in [-0.3, -0.25) is 9.59 Å². The SMILES string of the molecule is CC1CN(C(=O)C2CCC(C(=O)C(C)C)CC2)C1. The first-order valence-electron chi connectivity index (χ1n) is 7.31. The molecule has 0 atom stereocenters. The number of nitrogens with zero attached hydrogens (tertiary/aromatic N) is 1. The Bertz CT molecular complexity index is 323. The summed E-state index contributed by atoms with van der Waals surface area (Å²) < 4.78 is 0. The molecule has 18 heavy (non-hydrogen) atoms. The normalized spacial score (nSPS) is 29.2. The van der Waals surface area contributed by atoms with E-state index in [0.717, 1.165) is 38.8 Å². The molecule has 0 N–H and O–H groups in total. The monoisotopic (exact) mass is 251 g/mol. The first kappa shape index (κ1) is 13.6. The fourth-order valence-corrected chi connectivity index (χ4v) is 3.23. The van der Waals surface area contributed by atoms with Crippen LogP contribution in [0.3, 0.4) is 0 Å². The predicted molar refractivity (Wildman–Crippen MR) is 71.0 cm³/mol. The topological polar surface area (TPSA) is 37.4 Å². The summed E-state index contributed by atoms with van der Waals surface area (Å²) in [6.07, 6.45) is 3.65. The highest BCUT2D eigenvalue weighted by Crippen LogP contribution is 2.33. The molecular weight excluding hydrogens is 226 g/mol. The van der Waals surface area contributed by atoms with Crippen molar-refractivity contribution in [1.82, 2.24) is 4.90 Å². The van der Waals surface area contributed by atoms with Gasteiger partial charge in [-0.15, -0.1) is 0 Å². The van der Waals surface area contributed by atoms with E-state index in [1.165, 1.54) is 0 Å². The number of amides is 1. The molecule has 102 valence electrons. The molecular formula is C15H25NO2. The van der Waals surface area contributed by atoms with Gasteiger partial charge in [-0.1, -0.05) is 20.8 Å². The zero-order valence-corrected chi connectivity index (χ0v) is 11.8. The summed E-state index contributed by atoms with van der Waals surface area (Å²) in [6.45, 7) is 8.00. The lowest BCUT2D eigenvalue weighted by atomic mass is 9.77. The molecule has 0 aromatic rings. The highest BCUT2D eigenvalue weighted by molar-refractivity contribution is 5.84. The Kier molecular flexibility index (Phi) is 4.08. The lowest BCUT2D eigenvalue weighted by molar-refractivity contribution is -0.144. The van der Waals surface area contributed by atoms with E-state index in [-0.39, 0.29) is 17.8 Å². The lowest BCUT2D eigenvalue weighted by Crippen LogP contribution is -2.51. The minimum absolute atomic E-state index is 0.137. The van der Waals surface area contributed by atoms with Crippen LogP contribution in [0.15, 0.2) is 0 Å². The van der Waals surface area contributed by atoms with Crippen LogP contribution in [0, 0.1) is 23.7 Å². The number of likely N-dealkylation sites (tertiary alicyclic amines) is 1. The van der Waals surface area contributed by atoms with E-state index in [1.54, 1.807) is 0 Å². The van der Waals surface area contributed by atoms with Crippen LogP contribution in [-0.4, -0.2) is 29.7 Å². The van der Waals surface area contributed by atoms with Gasteiger partial charge in [0, 0.05) is 30.8 Å². The number of rotatable bonds is 3. The number of carbonyl (C=O) groups is 2. The first-order valence-corrected chi connectivity index (χ1v) is 7.31. The molecule has 2 aliphatic rings. The largest absolute Gasteiger partial charge is 0.342 e. The average Bonchev–Trinajstić information content (AvgIpc) is 2.33. The molecule has 2 fully saturated rings. The van der Waals surface area contributed by atoms with E-state index in [0.29, 0.717) is 17.6 Å². The van der Waals surface area contributed by atoms with E-state index >= 15 is 0 Å². The maximum atomic E-state index is 12.2. The summed E-state index contributed by atoms with van der Waals surface area (Å²) in [5.74, 6) is 1.94. The average molecular weight is 251 g/mol. The van der Waals surface area contributed by atoms with Crippen LogP contribution in [0.25, 0.3) is 0 Å². The highest BCUT2D eigenvalue weighted by atomic mass is 16.2. The molecule has 1 saturated heterocycles. The van der Waals surface area contributed by atoms with E-state index < -0.39 is 0 Å². The molecule has 0 aromatic heterocycles. The third-order valence-electron chi connectivity index (χ3n) is 4.42. The smallest absolute Gasteiger partial charge is 0.225 e. The van der Waals surface area contributed by atoms with Crippen molar-refractivity contribution < 1.29 is 9.59 Å². The molecule has 0 spiro atoms. The van der Waals surface area contributed by atoms with Crippen molar-refractivity contribution in [3.05, 3.63) is 0 Å². The van der Waals surface area contributed by atoms with Crippen molar-refractivity contribution in [1.29, 1.82) is 0 Å². The highest BCUT2D eigenvalue weighted by Gasteiger charge is 2.35. The maximum absolute atomic E-state index is 12.2. The van der Waals surface area contributed by atoms with Gasteiger partial charge in [-0.2, -0.15) is 0 Å². The predicted octanol–water partition coefficient (Wildman–Crippen LogP) is 2.50. The van der Waals surface area contributed by atoms with Gasteiger partial charge in [0.1, 0.15) is 5.78 Å². The Morgan fingerprint density at radius 2 is 1.50 bits per heavy atom. The van der Waals surface area contributed by atoms with Gasteiger partial charge in [0.2, 0.25) is 5.91 Å². The molecule has 3 nitrogen and oxygen atoms in total. The van der Waals surface area contributed by atoms with Crippen molar-refractivity contribution in [2.45, 2.75) is 46.5 Å². The van der Waals surface area contributed by atoms with Gasteiger partial charge >= 0.3 is 0 Å². The van der Waals surface area contributed by atoms with Crippen LogP contribution in [0.2, 0.25) is 0 Å². The van der Waals surface area contributed by atoms with Crippen LogP contribution in [0.1, 0.15) is 46.5 Å². The number of Topliss-reactive ketones (excluding diaryl/α,β-unsaturated/α-hetero) is 1. The van der Waals surface area contributed by atoms with Crippen LogP contribution < -0.4 is 0 Å². The van der Waals surface area contributed by atoms with Gasteiger partial charge in [0.15, 0.2) is 0 Å². The van der Waals surface area contributed by atoms with Gasteiger partial charge in [0.25, 0.3) is 0 Å². The quantitative estimate of drug-likeness (QED) is 0.773. The van der Waals surface area contributed by atoms with E-state index in [2.05, 4.69) is 6.92 Å². The summed E-state index contributed by atoms with van der Waals surface area (Å²) >= 11 is 0. The molecule has 0 radical (unpaired) electrons. The Morgan fingerprint density at radius 1 is 1.00 bits per heavy atom. The van der Waals surface area contributed by atoms with Gasteiger partial charge in [-0.05, 0) is 31.6 Å². The molecule has 1 aliphatic heterocycles.